The fourth-order valence-corrected chi connectivity index (χ4v) is 6.34. The smallest absolute Gasteiger partial charge is 0.151 e. The molecular formula is C28H19ClN2S2. The molecule has 0 unspecified atom stereocenters. The Labute approximate surface area is 206 Å². The van der Waals surface area contributed by atoms with Gasteiger partial charge in [0.05, 0.1) is 15.9 Å². The van der Waals surface area contributed by atoms with Crippen molar-refractivity contribution in [3.63, 3.8) is 0 Å². The lowest BCUT2D eigenvalue weighted by Crippen LogP contribution is -1.85. The topological polar surface area (TPSA) is 25.2 Å². The fraction of sp³-hybridized carbons (Fsp3) is 0.0714. The standard InChI is InChI=1S/C28H19ClN2S2/c29-22-8-5-18(6-9-22)16-30-23-10-12-26-27(15-23)33-28(31-26)32-17-19-7-11-25-21(13-19)14-20-3-1-2-4-24(20)25/h1-13,15-16H,14,17H2. The third-order valence-corrected chi connectivity index (χ3v) is 8.29. The number of benzene rings is 4. The number of thiazole rings is 1. The molecule has 6 rings (SSSR count). The highest BCUT2D eigenvalue weighted by Gasteiger charge is 2.18. The molecule has 0 fully saturated rings. The van der Waals surface area contributed by atoms with E-state index >= 15 is 0 Å². The number of hydrogen-bond acceptors (Lipinski definition) is 4. The molecule has 0 saturated carbocycles. The lowest BCUT2D eigenvalue weighted by atomic mass is 10.0. The zero-order chi connectivity index (χ0) is 22.2. The molecule has 0 radical (unpaired) electrons. The van der Waals surface area contributed by atoms with Crippen molar-refractivity contribution < 1.29 is 0 Å². The summed E-state index contributed by atoms with van der Waals surface area (Å²) in [6, 6.07) is 29.5. The van der Waals surface area contributed by atoms with Gasteiger partial charge in [-0.05, 0) is 70.1 Å². The molecule has 1 aliphatic carbocycles. The van der Waals surface area contributed by atoms with E-state index in [0.717, 1.165) is 43.0 Å². The van der Waals surface area contributed by atoms with Gasteiger partial charge < -0.3 is 0 Å². The second kappa shape index (κ2) is 8.79. The SMILES string of the molecule is Clc1ccc(C=Nc2ccc3nc(SCc4ccc5c(c4)Cc4ccccc4-5)sc3c2)cc1. The molecule has 5 aromatic rings. The number of thioether (sulfide) groups is 1. The van der Waals surface area contributed by atoms with Crippen LogP contribution in [-0.4, -0.2) is 11.2 Å². The Morgan fingerprint density at radius 2 is 1.76 bits per heavy atom. The second-order valence-electron chi connectivity index (χ2n) is 8.06. The predicted molar refractivity (Wildman–Crippen MR) is 143 cm³/mol. The minimum atomic E-state index is 0.730. The number of aliphatic imine (C=N–C) groups is 1. The van der Waals surface area contributed by atoms with E-state index in [1.54, 1.807) is 23.1 Å². The highest BCUT2D eigenvalue weighted by molar-refractivity contribution is 8.00. The van der Waals surface area contributed by atoms with E-state index < -0.39 is 0 Å². The highest BCUT2D eigenvalue weighted by atomic mass is 35.5. The van der Waals surface area contributed by atoms with E-state index in [-0.39, 0.29) is 0 Å². The normalized spacial score (nSPS) is 12.4. The van der Waals surface area contributed by atoms with Gasteiger partial charge in [0.15, 0.2) is 4.34 Å². The monoisotopic (exact) mass is 482 g/mol. The van der Waals surface area contributed by atoms with E-state index in [0.29, 0.717) is 0 Å². The van der Waals surface area contributed by atoms with E-state index in [1.165, 1.54) is 27.8 Å². The van der Waals surface area contributed by atoms with Gasteiger partial charge in [0.1, 0.15) is 0 Å². The maximum Gasteiger partial charge on any atom is 0.151 e. The Hall–Kier alpha value is -2.92. The highest BCUT2D eigenvalue weighted by Crippen LogP contribution is 2.38. The molecule has 1 aromatic heterocycles. The van der Waals surface area contributed by atoms with Gasteiger partial charge in [-0.3, -0.25) is 4.99 Å². The average molecular weight is 483 g/mol. The predicted octanol–water partition coefficient (Wildman–Crippen LogP) is 8.56. The Bertz CT molecular complexity index is 1500. The van der Waals surface area contributed by atoms with E-state index in [2.05, 4.69) is 59.6 Å². The van der Waals surface area contributed by atoms with E-state index in [4.69, 9.17) is 16.6 Å². The quantitative estimate of drug-likeness (QED) is 0.181. The van der Waals surface area contributed by atoms with Crippen molar-refractivity contribution in [3.8, 4) is 11.1 Å². The van der Waals surface area contributed by atoms with Crippen LogP contribution in [0.2, 0.25) is 5.02 Å². The maximum atomic E-state index is 5.95. The van der Waals surface area contributed by atoms with Crippen LogP contribution in [0.1, 0.15) is 22.3 Å². The molecule has 0 atom stereocenters. The van der Waals surface area contributed by atoms with Crippen LogP contribution >= 0.6 is 34.7 Å². The van der Waals surface area contributed by atoms with Crippen LogP contribution in [-0.2, 0) is 12.2 Å². The van der Waals surface area contributed by atoms with Gasteiger partial charge in [0.25, 0.3) is 0 Å². The summed E-state index contributed by atoms with van der Waals surface area (Å²) in [6.45, 7) is 0. The summed E-state index contributed by atoms with van der Waals surface area (Å²) in [5.41, 5.74) is 9.95. The van der Waals surface area contributed by atoms with Crippen molar-refractivity contribution in [2.45, 2.75) is 16.5 Å². The van der Waals surface area contributed by atoms with Crippen LogP contribution < -0.4 is 0 Å². The second-order valence-corrected chi connectivity index (χ2v) is 10.7. The molecule has 0 N–H and O–H groups in total. The van der Waals surface area contributed by atoms with Crippen molar-refractivity contribution in [1.82, 2.24) is 4.98 Å². The number of nitrogens with zero attached hydrogens (tertiary/aromatic N) is 2. The summed E-state index contributed by atoms with van der Waals surface area (Å²) >= 11 is 9.49. The molecule has 0 amide bonds. The van der Waals surface area contributed by atoms with Crippen molar-refractivity contribution in [2.75, 3.05) is 0 Å². The first-order valence-corrected chi connectivity index (χ1v) is 12.9. The summed E-state index contributed by atoms with van der Waals surface area (Å²) in [6.07, 6.45) is 2.89. The summed E-state index contributed by atoms with van der Waals surface area (Å²) in [7, 11) is 0. The molecule has 1 heterocycles. The maximum absolute atomic E-state index is 5.95. The molecule has 4 aromatic carbocycles. The van der Waals surface area contributed by atoms with Crippen LogP contribution in [0.15, 0.2) is 94.3 Å². The summed E-state index contributed by atoms with van der Waals surface area (Å²) in [4.78, 5) is 9.43. The molecule has 160 valence electrons. The lowest BCUT2D eigenvalue weighted by molar-refractivity contribution is 1.24. The molecular weight excluding hydrogens is 464 g/mol. The molecule has 0 bridgehead atoms. The van der Waals surface area contributed by atoms with Gasteiger partial charge in [-0.25, -0.2) is 4.98 Å². The van der Waals surface area contributed by atoms with Crippen molar-refractivity contribution in [3.05, 3.63) is 112 Å². The van der Waals surface area contributed by atoms with Crippen LogP contribution in [0.5, 0.6) is 0 Å². The van der Waals surface area contributed by atoms with Crippen molar-refractivity contribution in [1.29, 1.82) is 0 Å². The van der Waals surface area contributed by atoms with Gasteiger partial charge >= 0.3 is 0 Å². The summed E-state index contributed by atoms with van der Waals surface area (Å²) in [5.74, 6) is 0.922. The van der Waals surface area contributed by atoms with Crippen molar-refractivity contribution >= 4 is 56.8 Å². The van der Waals surface area contributed by atoms with Gasteiger partial charge in [0, 0.05) is 17.0 Å². The van der Waals surface area contributed by atoms with Crippen LogP contribution in [0.25, 0.3) is 21.3 Å². The van der Waals surface area contributed by atoms with Gasteiger partial charge in [-0.15, -0.1) is 11.3 Å². The molecule has 1 aliphatic rings. The van der Waals surface area contributed by atoms with E-state index in [1.807, 2.05) is 36.5 Å². The zero-order valence-electron chi connectivity index (χ0n) is 17.7. The molecule has 5 heteroatoms. The molecule has 2 nitrogen and oxygen atoms in total. The Morgan fingerprint density at radius 3 is 2.67 bits per heavy atom. The number of rotatable bonds is 5. The van der Waals surface area contributed by atoms with Crippen LogP contribution in [0, 0.1) is 0 Å². The minimum Gasteiger partial charge on any atom is -0.256 e. The van der Waals surface area contributed by atoms with Gasteiger partial charge in [-0.2, -0.15) is 0 Å². The van der Waals surface area contributed by atoms with Crippen LogP contribution in [0.4, 0.5) is 5.69 Å². The number of halogens is 1. The Morgan fingerprint density at radius 1 is 0.909 bits per heavy atom. The fourth-order valence-electron chi connectivity index (χ4n) is 4.17. The largest absolute Gasteiger partial charge is 0.256 e. The Kier molecular flexibility index (Phi) is 5.50. The first kappa shape index (κ1) is 20.7. The molecule has 0 spiro atoms. The molecule has 33 heavy (non-hydrogen) atoms. The Balaban J connectivity index is 1.16. The van der Waals surface area contributed by atoms with Crippen molar-refractivity contribution in [2.24, 2.45) is 4.99 Å². The van der Waals surface area contributed by atoms with Gasteiger partial charge in [-0.1, -0.05) is 78.0 Å². The number of hydrogen-bond donors (Lipinski definition) is 0. The van der Waals surface area contributed by atoms with Gasteiger partial charge in [0.2, 0.25) is 0 Å². The van der Waals surface area contributed by atoms with Crippen LogP contribution in [0.3, 0.4) is 0 Å². The summed E-state index contributed by atoms with van der Waals surface area (Å²) in [5, 5.41) is 0.730. The lowest BCUT2D eigenvalue weighted by Gasteiger charge is -2.04. The summed E-state index contributed by atoms with van der Waals surface area (Å²) < 4.78 is 2.25. The number of aromatic nitrogens is 1. The molecule has 0 aliphatic heterocycles. The zero-order valence-corrected chi connectivity index (χ0v) is 20.1. The first-order chi connectivity index (χ1) is 16.2. The average Bonchev–Trinajstić information content (AvgIpc) is 3.42. The first-order valence-electron chi connectivity index (χ1n) is 10.7. The third-order valence-electron chi connectivity index (χ3n) is 5.81. The van der Waals surface area contributed by atoms with E-state index in [9.17, 15) is 0 Å². The third kappa shape index (κ3) is 4.34. The molecule has 0 saturated heterocycles. The number of fused-ring (bicyclic) bond motifs is 4. The minimum absolute atomic E-state index is 0.730.